The maximum absolute atomic E-state index is 12.9. The summed E-state index contributed by atoms with van der Waals surface area (Å²) in [6.07, 6.45) is -0.432. The number of halogens is 2. The van der Waals surface area contributed by atoms with Crippen LogP contribution in [0.5, 0.6) is 0 Å². The second kappa shape index (κ2) is 10.2. The van der Waals surface area contributed by atoms with Gasteiger partial charge < -0.3 is 15.0 Å². The highest BCUT2D eigenvalue weighted by Crippen LogP contribution is 2.33. The number of hydrogen-bond acceptors (Lipinski definition) is 5. The van der Waals surface area contributed by atoms with E-state index in [1.165, 1.54) is 31.2 Å². The molecule has 0 aliphatic carbocycles. The molecule has 178 valence electrons. The van der Waals surface area contributed by atoms with Crippen LogP contribution in [0.25, 0.3) is 10.9 Å². The molecule has 1 atom stereocenters. The lowest BCUT2D eigenvalue weighted by atomic mass is 10.1. The first-order valence-electron chi connectivity index (χ1n) is 9.70. The largest absolute Gasteiger partial charge is 0.481 e. The van der Waals surface area contributed by atoms with Crippen molar-refractivity contribution in [2.24, 2.45) is 11.4 Å². The summed E-state index contributed by atoms with van der Waals surface area (Å²) in [5.74, 6) is -1.60. The molecule has 0 aliphatic rings. The molecular formula is C21H18Cl2N4O6S. The normalized spacial score (nSPS) is 11.6. The molecule has 3 amide bonds. The number of aliphatic carboxylic acids is 1. The number of rotatable bonds is 6. The molecule has 0 bridgehead atoms. The summed E-state index contributed by atoms with van der Waals surface area (Å²) in [6.45, 7) is 1.45. The van der Waals surface area contributed by atoms with Gasteiger partial charge in [0.25, 0.3) is 5.91 Å². The Hall–Kier alpha value is -3.41. The maximum Gasteiger partial charge on any atom is 0.363 e. The van der Waals surface area contributed by atoms with Gasteiger partial charge in [0.15, 0.2) is 0 Å². The monoisotopic (exact) mass is 524 g/mol. The molecule has 0 fully saturated rings. The molecule has 0 saturated heterocycles. The molecule has 13 heteroatoms. The van der Waals surface area contributed by atoms with Gasteiger partial charge in [-0.15, -0.1) is 0 Å². The Labute approximate surface area is 205 Å². The van der Waals surface area contributed by atoms with Crippen molar-refractivity contribution < 1.29 is 27.9 Å². The van der Waals surface area contributed by atoms with Crippen LogP contribution in [0.15, 0.2) is 46.8 Å². The van der Waals surface area contributed by atoms with E-state index in [9.17, 15) is 22.8 Å². The van der Waals surface area contributed by atoms with Crippen molar-refractivity contribution >= 4 is 73.9 Å². The average molecular weight is 525 g/mol. The van der Waals surface area contributed by atoms with Crippen LogP contribution in [-0.2, 0) is 22.3 Å². The zero-order valence-corrected chi connectivity index (χ0v) is 20.1. The number of aromatic nitrogens is 1. The SMILES string of the molecule is CC(CC(=O)O)N(C(=O)N=S(=O)=O)c1ccc(NC(=O)c2cc3c(Cl)c(Cl)ccc3n2C)cc1. The van der Waals surface area contributed by atoms with E-state index in [0.717, 1.165) is 10.4 Å². The molecular weight excluding hydrogens is 507 g/mol. The van der Waals surface area contributed by atoms with Crippen molar-refractivity contribution in [1.29, 1.82) is 0 Å². The minimum atomic E-state index is -3.01. The maximum atomic E-state index is 12.9. The molecule has 0 saturated carbocycles. The Morgan fingerprint density at radius 3 is 2.38 bits per heavy atom. The molecule has 2 N–H and O–H groups in total. The number of nitrogens with zero attached hydrogens (tertiary/aromatic N) is 3. The van der Waals surface area contributed by atoms with Gasteiger partial charge in [0.2, 0.25) is 0 Å². The van der Waals surface area contributed by atoms with Crippen molar-refractivity contribution in [3.63, 3.8) is 0 Å². The van der Waals surface area contributed by atoms with Gasteiger partial charge in [-0.2, -0.15) is 8.42 Å². The quantitative estimate of drug-likeness (QED) is 0.483. The number of fused-ring (bicyclic) bond motifs is 1. The van der Waals surface area contributed by atoms with E-state index < -0.39 is 40.9 Å². The molecule has 1 aromatic heterocycles. The van der Waals surface area contributed by atoms with E-state index in [0.29, 0.717) is 26.8 Å². The first-order valence-corrected chi connectivity index (χ1v) is 11.5. The van der Waals surface area contributed by atoms with Crippen molar-refractivity contribution in [3.8, 4) is 0 Å². The topological polar surface area (TPSA) is 138 Å². The predicted octanol–water partition coefficient (Wildman–Crippen LogP) is 4.59. The van der Waals surface area contributed by atoms with Crippen LogP contribution in [0.3, 0.4) is 0 Å². The Kier molecular flexibility index (Phi) is 7.60. The van der Waals surface area contributed by atoms with Crippen molar-refractivity contribution in [2.75, 3.05) is 10.2 Å². The summed E-state index contributed by atoms with van der Waals surface area (Å²) < 4.78 is 26.3. The van der Waals surface area contributed by atoms with Gasteiger partial charge >= 0.3 is 22.5 Å². The number of aryl methyl sites for hydroxylation is 1. The van der Waals surface area contributed by atoms with E-state index in [-0.39, 0.29) is 5.69 Å². The number of anilines is 2. The average Bonchev–Trinajstić information content (AvgIpc) is 3.08. The molecule has 0 radical (unpaired) electrons. The standard InChI is InChI=1S/C21H18Cl2N4O6S/c1-11(9-18(28)29)27(21(31)25-34(32)33)13-5-3-12(4-6-13)24-20(30)17-10-14-16(26(17)2)8-7-15(22)19(14)23/h3-8,10-11H,9H2,1-2H3,(H,24,30)(H,28,29). The highest BCUT2D eigenvalue weighted by Gasteiger charge is 2.24. The lowest BCUT2D eigenvalue weighted by molar-refractivity contribution is -0.137. The lowest BCUT2D eigenvalue weighted by Gasteiger charge is -2.26. The predicted molar refractivity (Wildman–Crippen MR) is 128 cm³/mol. The minimum absolute atomic E-state index is 0.206. The summed E-state index contributed by atoms with van der Waals surface area (Å²) in [5.41, 5.74) is 1.63. The third kappa shape index (κ3) is 5.38. The van der Waals surface area contributed by atoms with Gasteiger partial charge in [-0.05, 0) is 49.4 Å². The number of amides is 3. The molecule has 10 nitrogen and oxygen atoms in total. The van der Waals surface area contributed by atoms with Gasteiger partial charge in [-0.3, -0.25) is 14.5 Å². The van der Waals surface area contributed by atoms with Crippen LogP contribution in [0.4, 0.5) is 16.2 Å². The van der Waals surface area contributed by atoms with Crippen molar-refractivity contribution in [2.45, 2.75) is 19.4 Å². The second-order valence-corrected chi connectivity index (χ2v) is 8.69. The van der Waals surface area contributed by atoms with Crippen LogP contribution >= 0.6 is 23.2 Å². The van der Waals surface area contributed by atoms with E-state index in [2.05, 4.69) is 9.68 Å². The number of carboxylic acid groups (broad SMARTS) is 1. The molecule has 3 rings (SSSR count). The van der Waals surface area contributed by atoms with Gasteiger partial charge in [0, 0.05) is 35.4 Å². The Morgan fingerprint density at radius 1 is 1.15 bits per heavy atom. The third-order valence-corrected chi connectivity index (χ3v) is 6.14. The number of carbonyl (C=O) groups excluding carboxylic acids is 2. The number of carbonyl (C=O) groups is 3. The van der Waals surface area contributed by atoms with Crippen LogP contribution in [0.2, 0.25) is 10.0 Å². The minimum Gasteiger partial charge on any atom is -0.481 e. The Morgan fingerprint density at radius 2 is 1.79 bits per heavy atom. The second-order valence-electron chi connectivity index (χ2n) is 7.29. The van der Waals surface area contributed by atoms with Crippen LogP contribution in [0.1, 0.15) is 23.8 Å². The molecule has 0 aliphatic heterocycles. The van der Waals surface area contributed by atoms with E-state index in [4.69, 9.17) is 28.3 Å². The highest BCUT2D eigenvalue weighted by molar-refractivity contribution is 7.62. The van der Waals surface area contributed by atoms with Crippen LogP contribution in [-0.4, -0.2) is 42.0 Å². The Balaban J connectivity index is 1.87. The fourth-order valence-electron chi connectivity index (χ4n) is 3.47. The molecule has 1 unspecified atom stereocenters. The molecule has 34 heavy (non-hydrogen) atoms. The molecule has 3 aromatic rings. The van der Waals surface area contributed by atoms with Crippen molar-refractivity contribution in [1.82, 2.24) is 4.57 Å². The summed E-state index contributed by atoms with van der Waals surface area (Å²) in [4.78, 5) is 37.2. The molecule has 2 aromatic carbocycles. The Bertz CT molecular complexity index is 1430. The van der Waals surface area contributed by atoms with E-state index in [1.54, 1.807) is 29.8 Å². The lowest BCUT2D eigenvalue weighted by Crippen LogP contribution is -2.38. The van der Waals surface area contributed by atoms with Gasteiger partial charge in [0.05, 0.1) is 16.5 Å². The van der Waals surface area contributed by atoms with Crippen molar-refractivity contribution in [3.05, 3.63) is 58.2 Å². The number of benzene rings is 2. The third-order valence-electron chi connectivity index (χ3n) is 5.02. The zero-order valence-electron chi connectivity index (χ0n) is 17.8. The van der Waals surface area contributed by atoms with Gasteiger partial charge in [-0.1, -0.05) is 27.6 Å². The number of nitrogens with one attached hydrogen (secondary N) is 1. The summed E-state index contributed by atoms with van der Waals surface area (Å²) in [5, 5.41) is 13.1. The summed E-state index contributed by atoms with van der Waals surface area (Å²) in [7, 11) is -1.30. The fourth-order valence-corrected chi connectivity index (χ4v) is 4.07. The van der Waals surface area contributed by atoms with Crippen LogP contribution < -0.4 is 10.2 Å². The first-order chi connectivity index (χ1) is 16.0. The van der Waals surface area contributed by atoms with Gasteiger partial charge in [-0.25, -0.2) is 4.79 Å². The van der Waals surface area contributed by atoms with E-state index >= 15 is 0 Å². The molecule has 0 spiro atoms. The summed E-state index contributed by atoms with van der Waals surface area (Å²) >= 11 is 12.3. The number of urea groups is 1. The van der Waals surface area contributed by atoms with E-state index in [1.807, 2.05) is 0 Å². The number of carboxylic acids is 1. The number of hydrogen-bond donors (Lipinski definition) is 2. The van der Waals surface area contributed by atoms with Crippen LogP contribution in [0, 0.1) is 0 Å². The highest BCUT2D eigenvalue weighted by atomic mass is 35.5. The smallest absolute Gasteiger partial charge is 0.363 e. The summed E-state index contributed by atoms with van der Waals surface area (Å²) in [6, 6.07) is 8.84. The van der Waals surface area contributed by atoms with Gasteiger partial charge in [0.1, 0.15) is 5.69 Å². The fraction of sp³-hybridized carbons (Fsp3) is 0.190. The molecule has 1 heterocycles. The zero-order chi connectivity index (χ0) is 25.2. The first kappa shape index (κ1) is 25.2.